The minimum Gasteiger partial charge on any atom is -0.371 e. The third kappa shape index (κ3) is 2.72. The zero-order chi connectivity index (χ0) is 12.3. The van der Waals surface area contributed by atoms with E-state index < -0.39 is 11.4 Å². The molecular formula is C13H16ClN2O. The zero-order valence-electron chi connectivity index (χ0n) is 9.63. The number of carbonyl (C=O) groups excluding carboxylic acids is 1. The number of rotatable bonds is 3. The van der Waals surface area contributed by atoms with E-state index in [4.69, 9.17) is 17.3 Å². The summed E-state index contributed by atoms with van der Waals surface area (Å²) in [5.74, 6) is -0.507. The molecule has 1 aromatic carbocycles. The molecule has 1 aromatic rings. The molecular weight excluding hydrogens is 236 g/mol. The van der Waals surface area contributed by atoms with Crippen LogP contribution in [-0.4, -0.2) is 11.4 Å². The van der Waals surface area contributed by atoms with Crippen LogP contribution in [0.25, 0.3) is 0 Å². The molecule has 1 fully saturated rings. The van der Waals surface area contributed by atoms with E-state index in [1.165, 1.54) is 0 Å². The lowest BCUT2D eigenvalue weighted by Gasteiger charge is -2.35. The normalized spacial score (nSPS) is 18.6. The maximum absolute atomic E-state index is 11.6. The van der Waals surface area contributed by atoms with Crippen LogP contribution in [0, 0.1) is 0 Å². The lowest BCUT2D eigenvalue weighted by Crippen LogP contribution is -2.48. The van der Waals surface area contributed by atoms with E-state index in [1.54, 1.807) is 12.1 Å². The number of nitrogens with one attached hydrogen (secondary N) is 2. The Morgan fingerprint density at radius 1 is 1.18 bits per heavy atom. The van der Waals surface area contributed by atoms with Gasteiger partial charge in [-0.3, -0.25) is 10.5 Å². The molecule has 4 heteroatoms. The first kappa shape index (κ1) is 12.2. The molecule has 1 amide bonds. The van der Waals surface area contributed by atoms with E-state index in [-0.39, 0.29) is 0 Å². The Hall–Kier alpha value is -1.22. The Morgan fingerprint density at radius 3 is 2.29 bits per heavy atom. The first-order chi connectivity index (χ1) is 8.12. The van der Waals surface area contributed by atoms with Crippen molar-refractivity contribution in [2.45, 2.75) is 37.6 Å². The van der Waals surface area contributed by atoms with Crippen LogP contribution in [0.4, 0.5) is 5.69 Å². The monoisotopic (exact) mass is 251 g/mol. The summed E-state index contributed by atoms with van der Waals surface area (Å²) in [6.45, 7) is 0. The van der Waals surface area contributed by atoms with Gasteiger partial charge in [0.15, 0.2) is 0 Å². The predicted molar refractivity (Wildman–Crippen MR) is 69.0 cm³/mol. The molecule has 1 aliphatic rings. The molecule has 17 heavy (non-hydrogen) atoms. The largest absolute Gasteiger partial charge is 0.371 e. The number of hydrogen-bond donors (Lipinski definition) is 1. The molecule has 0 saturated heterocycles. The van der Waals surface area contributed by atoms with E-state index in [9.17, 15) is 4.79 Å². The Labute approximate surface area is 106 Å². The third-order valence-electron chi connectivity index (χ3n) is 3.37. The van der Waals surface area contributed by atoms with Crippen LogP contribution >= 0.6 is 11.6 Å². The van der Waals surface area contributed by atoms with Crippen molar-refractivity contribution < 1.29 is 4.79 Å². The maximum atomic E-state index is 11.6. The van der Waals surface area contributed by atoms with Gasteiger partial charge in [-0.15, -0.1) is 0 Å². The van der Waals surface area contributed by atoms with Crippen molar-refractivity contribution in [3.63, 3.8) is 0 Å². The molecule has 0 heterocycles. The SMILES string of the molecule is [NH]C(=O)C1(Nc2ccc(Cl)cc2)CCCCC1. The maximum Gasteiger partial charge on any atom is 0.264 e. The predicted octanol–water partition coefficient (Wildman–Crippen LogP) is 3.26. The first-order valence-corrected chi connectivity index (χ1v) is 6.30. The number of amides is 1. The van der Waals surface area contributed by atoms with Crippen molar-refractivity contribution >= 4 is 23.2 Å². The van der Waals surface area contributed by atoms with Crippen molar-refractivity contribution in [1.82, 2.24) is 5.73 Å². The fraction of sp³-hybridized carbons (Fsp3) is 0.462. The van der Waals surface area contributed by atoms with Crippen molar-refractivity contribution in [3.8, 4) is 0 Å². The van der Waals surface area contributed by atoms with Gasteiger partial charge in [0.05, 0.1) is 0 Å². The minimum atomic E-state index is -0.688. The van der Waals surface area contributed by atoms with E-state index in [2.05, 4.69) is 5.32 Å². The van der Waals surface area contributed by atoms with E-state index in [0.717, 1.165) is 37.8 Å². The van der Waals surface area contributed by atoms with Gasteiger partial charge in [-0.2, -0.15) is 0 Å². The Morgan fingerprint density at radius 2 is 1.76 bits per heavy atom. The highest BCUT2D eigenvalue weighted by Crippen LogP contribution is 2.32. The van der Waals surface area contributed by atoms with Gasteiger partial charge in [-0.25, -0.2) is 0 Å². The molecule has 1 aliphatic carbocycles. The summed E-state index contributed by atoms with van der Waals surface area (Å²) in [7, 11) is 0. The second-order valence-electron chi connectivity index (χ2n) is 4.60. The Bertz CT molecular complexity index is 396. The standard InChI is InChI=1S/C13H16ClN2O/c14-10-4-6-11(7-5-10)16-13(12(15)17)8-2-1-3-9-13/h4-7,15-16H,1-3,8-9H2. The molecule has 1 radical (unpaired) electrons. The second kappa shape index (κ2) is 4.96. The van der Waals surface area contributed by atoms with Crippen LogP contribution in [0.5, 0.6) is 0 Å². The minimum absolute atomic E-state index is 0.507. The van der Waals surface area contributed by atoms with Gasteiger partial charge in [0.1, 0.15) is 5.54 Å². The van der Waals surface area contributed by atoms with Gasteiger partial charge in [0.2, 0.25) is 0 Å². The van der Waals surface area contributed by atoms with Crippen molar-refractivity contribution in [3.05, 3.63) is 29.3 Å². The van der Waals surface area contributed by atoms with Gasteiger partial charge in [-0.05, 0) is 37.1 Å². The van der Waals surface area contributed by atoms with Crippen molar-refractivity contribution in [2.75, 3.05) is 5.32 Å². The lowest BCUT2D eigenvalue weighted by atomic mass is 9.81. The van der Waals surface area contributed by atoms with Crippen LogP contribution < -0.4 is 11.1 Å². The highest BCUT2D eigenvalue weighted by atomic mass is 35.5. The molecule has 1 saturated carbocycles. The molecule has 91 valence electrons. The highest BCUT2D eigenvalue weighted by molar-refractivity contribution is 6.30. The van der Waals surface area contributed by atoms with Crippen LogP contribution in [0.1, 0.15) is 32.1 Å². The topological polar surface area (TPSA) is 52.9 Å². The lowest BCUT2D eigenvalue weighted by molar-refractivity contribution is -0.123. The fourth-order valence-corrected chi connectivity index (χ4v) is 2.50. The van der Waals surface area contributed by atoms with Crippen molar-refractivity contribution in [1.29, 1.82) is 0 Å². The average molecular weight is 252 g/mol. The van der Waals surface area contributed by atoms with Gasteiger partial charge in [0.25, 0.3) is 5.91 Å². The van der Waals surface area contributed by atoms with Crippen LogP contribution in [0.15, 0.2) is 24.3 Å². The molecule has 2 rings (SSSR count). The number of anilines is 1. The Kier molecular flexibility index (Phi) is 3.57. The summed E-state index contributed by atoms with van der Waals surface area (Å²) in [6, 6.07) is 7.27. The zero-order valence-corrected chi connectivity index (χ0v) is 10.4. The van der Waals surface area contributed by atoms with Crippen LogP contribution in [0.3, 0.4) is 0 Å². The molecule has 0 unspecified atom stereocenters. The number of hydrogen-bond acceptors (Lipinski definition) is 2. The highest BCUT2D eigenvalue weighted by Gasteiger charge is 2.38. The number of benzene rings is 1. The van der Waals surface area contributed by atoms with Gasteiger partial charge < -0.3 is 5.32 Å². The molecule has 0 aliphatic heterocycles. The number of carbonyl (C=O) groups is 1. The molecule has 2 N–H and O–H groups in total. The number of halogens is 1. The summed E-state index contributed by atoms with van der Waals surface area (Å²) in [5.41, 5.74) is 7.65. The summed E-state index contributed by atoms with van der Waals surface area (Å²) in [5, 5.41) is 3.90. The van der Waals surface area contributed by atoms with E-state index in [0.29, 0.717) is 5.02 Å². The Balaban J connectivity index is 2.17. The summed E-state index contributed by atoms with van der Waals surface area (Å²) in [4.78, 5) is 11.6. The van der Waals surface area contributed by atoms with Crippen molar-refractivity contribution in [2.24, 2.45) is 0 Å². The van der Waals surface area contributed by atoms with Gasteiger partial charge in [0, 0.05) is 10.7 Å². The second-order valence-corrected chi connectivity index (χ2v) is 5.04. The smallest absolute Gasteiger partial charge is 0.264 e. The van der Waals surface area contributed by atoms with Crippen LogP contribution in [-0.2, 0) is 4.79 Å². The fourth-order valence-electron chi connectivity index (χ4n) is 2.37. The summed E-state index contributed by atoms with van der Waals surface area (Å²) < 4.78 is 0. The molecule has 3 nitrogen and oxygen atoms in total. The van der Waals surface area contributed by atoms with Crippen LogP contribution in [0.2, 0.25) is 5.02 Å². The average Bonchev–Trinajstić information content (AvgIpc) is 2.33. The van der Waals surface area contributed by atoms with Gasteiger partial charge >= 0.3 is 0 Å². The summed E-state index contributed by atoms with van der Waals surface area (Å²) in [6.07, 6.45) is 4.66. The van der Waals surface area contributed by atoms with E-state index >= 15 is 0 Å². The molecule has 0 bridgehead atoms. The van der Waals surface area contributed by atoms with E-state index in [1.807, 2.05) is 12.1 Å². The van der Waals surface area contributed by atoms with Gasteiger partial charge in [-0.1, -0.05) is 30.9 Å². The molecule has 0 aromatic heterocycles. The molecule has 0 spiro atoms. The third-order valence-corrected chi connectivity index (χ3v) is 3.62. The molecule has 0 atom stereocenters. The summed E-state index contributed by atoms with van der Waals surface area (Å²) >= 11 is 5.82. The quantitative estimate of drug-likeness (QED) is 0.896. The first-order valence-electron chi connectivity index (χ1n) is 5.92.